The molecule has 2 aliphatic rings. The number of rotatable bonds is 3. The molecule has 1 saturated heterocycles. The molecule has 2 nitrogen and oxygen atoms in total. The van der Waals surface area contributed by atoms with E-state index in [9.17, 15) is 5.11 Å². The molecule has 0 amide bonds. The van der Waals surface area contributed by atoms with Crippen molar-refractivity contribution in [2.24, 2.45) is 5.92 Å². The number of aliphatic hydroxyl groups excluding tert-OH is 1. The van der Waals surface area contributed by atoms with Gasteiger partial charge in [-0.3, -0.25) is 4.90 Å². The lowest BCUT2D eigenvalue weighted by molar-refractivity contribution is 0.128. The van der Waals surface area contributed by atoms with Crippen LogP contribution in [0, 0.1) is 5.92 Å². The lowest BCUT2D eigenvalue weighted by Crippen LogP contribution is -2.37. The van der Waals surface area contributed by atoms with E-state index in [1.54, 1.807) is 0 Å². The Morgan fingerprint density at radius 1 is 1.13 bits per heavy atom. The summed E-state index contributed by atoms with van der Waals surface area (Å²) in [7, 11) is 0. The van der Waals surface area contributed by atoms with Crippen molar-refractivity contribution in [1.82, 2.24) is 4.90 Å². The molecule has 15 heavy (non-hydrogen) atoms. The molecule has 0 aromatic rings. The predicted octanol–water partition coefficient (Wildman–Crippen LogP) is 2.41. The third-order valence-corrected chi connectivity index (χ3v) is 4.22. The number of β-amino-alcohol motifs (C(OH)–C–C–N with tert-alkyl or cyclic N) is 1. The summed E-state index contributed by atoms with van der Waals surface area (Å²) in [5, 5.41) is 9.52. The topological polar surface area (TPSA) is 23.5 Å². The van der Waals surface area contributed by atoms with Crippen molar-refractivity contribution in [2.75, 3.05) is 13.1 Å². The molecular formula is C13H25NO. The molecule has 0 radical (unpaired) electrons. The minimum absolute atomic E-state index is 0.0432. The fourth-order valence-corrected chi connectivity index (χ4v) is 3.31. The van der Waals surface area contributed by atoms with E-state index in [1.807, 2.05) is 0 Å². The molecule has 0 spiro atoms. The molecule has 1 heterocycles. The van der Waals surface area contributed by atoms with Gasteiger partial charge in [0.15, 0.2) is 0 Å². The van der Waals surface area contributed by atoms with Gasteiger partial charge in [-0.15, -0.1) is 0 Å². The van der Waals surface area contributed by atoms with Gasteiger partial charge in [0.2, 0.25) is 0 Å². The van der Waals surface area contributed by atoms with Crippen LogP contribution in [0.2, 0.25) is 0 Å². The highest BCUT2D eigenvalue weighted by atomic mass is 16.3. The fraction of sp³-hybridized carbons (Fsp3) is 1.00. The lowest BCUT2D eigenvalue weighted by atomic mass is 9.83. The van der Waals surface area contributed by atoms with E-state index < -0.39 is 0 Å². The van der Waals surface area contributed by atoms with Crippen LogP contribution in [0.1, 0.15) is 51.9 Å². The zero-order valence-corrected chi connectivity index (χ0v) is 9.99. The third-order valence-electron chi connectivity index (χ3n) is 4.22. The molecule has 0 bridgehead atoms. The molecular weight excluding hydrogens is 186 g/mol. The molecule has 1 saturated carbocycles. The summed E-state index contributed by atoms with van der Waals surface area (Å²) in [6.07, 6.45) is 9.31. The Kier molecular flexibility index (Phi) is 4.04. The number of hydrogen-bond donors (Lipinski definition) is 1. The number of hydrogen-bond acceptors (Lipinski definition) is 2. The Hall–Kier alpha value is -0.0800. The number of nitrogens with zero attached hydrogens (tertiary/aromatic N) is 1. The van der Waals surface area contributed by atoms with Crippen molar-refractivity contribution >= 4 is 0 Å². The van der Waals surface area contributed by atoms with E-state index in [0.717, 1.165) is 31.5 Å². The second-order valence-electron chi connectivity index (χ2n) is 5.40. The number of aliphatic hydroxyl groups is 1. The fourth-order valence-electron chi connectivity index (χ4n) is 3.31. The van der Waals surface area contributed by atoms with Gasteiger partial charge in [-0.05, 0) is 38.0 Å². The average molecular weight is 211 g/mol. The first-order valence-electron chi connectivity index (χ1n) is 6.71. The highest BCUT2D eigenvalue weighted by Gasteiger charge is 2.29. The van der Waals surface area contributed by atoms with Gasteiger partial charge in [0.05, 0.1) is 6.10 Å². The van der Waals surface area contributed by atoms with E-state index in [1.165, 1.54) is 38.5 Å². The minimum atomic E-state index is -0.0432. The smallest absolute Gasteiger partial charge is 0.0679 e. The van der Waals surface area contributed by atoms with Gasteiger partial charge in [-0.1, -0.05) is 19.8 Å². The molecule has 1 aliphatic carbocycles. The summed E-state index contributed by atoms with van der Waals surface area (Å²) in [4.78, 5) is 2.52. The van der Waals surface area contributed by atoms with Crippen LogP contribution >= 0.6 is 0 Å². The van der Waals surface area contributed by atoms with E-state index in [0.29, 0.717) is 0 Å². The first-order chi connectivity index (χ1) is 7.29. The Labute approximate surface area is 93.7 Å². The average Bonchev–Trinajstić information content (AvgIpc) is 2.67. The summed E-state index contributed by atoms with van der Waals surface area (Å²) in [6.45, 7) is 4.36. The minimum Gasteiger partial charge on any atom is -0.392 e. The molecule has 2 fully saturated rings. The van der Waals surface area contributed by atoms with Crippen LogP contribution in [0.3, 0.4) is 0 Å². The largest absolute Gasteiger partial charge is 0.392 e. The van der Waals surface area contributed by atoms with Crippen molar-refractivity contribution in [3.05, 3.63) is 0 Å². The summed E-state index contributed by atoms with van der Waals surface area (Å²) in [5.74, 6) is 0.999. The molecule has 0 aromatic heterocycles. The van der Waals surface area contributed by atoms with Crippen LogP contribution in [0.25, 0.3) is 0 Å². The van der Waals surface area contributed by atoms with Crippen LogP contribution in [0.5, 0.6) is 0 Å². The van der Waals surface area contributed by atoms with Gasteiger partial charge in [0.1, 0.15) is 0 Å². The maximum atomic E-state index is 9.52. The Balaban J connectivity index is 1.73. The van der Waals surface area contributed by atoms with Gasteiger partial charge in [0.25, 0.3) is 0 Å². The van der Waals surface area contributed by atoms with E-state index >= 15 is 0 Å². The Morgan fingerprint density at radius 3 is 2.40 bits per heavy atom. The zero-order valence-electron chi connectivity index (χ0n) is 9.99. The predicted molar refractivity (Wildman–Crippen MR) is 62.9 cm³/mol. The van der Waals surface area contributed by atoms with Crippen LogP contribution < -0.4 is 0 Å². The monoisotopic (exact) mass is 211 g/mol. The van der Waals surface area contributed by atoms with Crippen LogP contribution in [-0.4, -0.2) is 35.2 Å². The summed E-state index contributed by atoms with van der Waals surface area (Å²) < 4.78 is 0. The van der Waals surface area contributed by atoms with Crippen molar-refractivity contribution in [1.29, 1.82) is 0 Å². The second kappa shape index (κ2) is 5.31. The molecule has 88 valence electrons. The van der Waals surface area contributed by atoms with Crippen molar-refractivity contribution < 1.29 is 5.11 Å². The molecule has 1 atom stereocenters. The molecule has 2 heteroatoms. The third kappa shape index (κ3) is 2.94. The van der Waals surface area contributed by atoms with Gasteiger partial charge in [-0.25, -0.2) is 0 Å². The van der Waals surface area contributed by atoms with Crippen LogP contribution in [-0.2, 0) is 0 Å². The highest BCUT2D eigenvalue weighted by molar-refractivity contribution is 4.84. The normalized spacial score (nSPS) is 38.4. The molecule has 1 aliphatic heterocycles. The highest BCUT2D eigenvalue weighted by Crippen LogP contribution is 2.31. The quantitative estimate of drug-likeness (QED) is 0.775. The van der Waals surface area contributed by atoms with E-state index in [2.05, 4.69) is 11.8 Å². The summed E-state index contributed by atoms with van der Waals surface area (Å²) in [6, 6.07) is 0.787. The molecule has 1 unspecified atom stereocenters. The standard InChI is InChI=1S/C13H25NO/c1-2-3-11-4-6-12(7-5-11)14-9-8-13(15)10-14/h11-13,15H,2-10H2,1H3. The van der Waals surface area contributed by atoms with Crippen molar-refractivity contribution in [3.63, 3.8) is 0 Å². The van der Waals surface area contributed by atoms with Gasteiger partial charge in [0, 0.05) is 19.1 Å². The summed E-state index contributed by atoms with van der Waals surface area (Å²) in [5.41, 5.74) is 0. The first-order valence-corrected chi connectivity index (χ1v) is 6.71. The number of likely N-dealkylation sites (tertiary alicyclic amines) is 1. The maximum absolute atomic E-state index is 9.52. The lowest BCUT2D eigenvalue weighted by Gasteiger charge is -2.34. The molecule has 0 aromatic carbocycles. The molecule has 2 rings (SSSR count). The Morgan fingerprint density at radius 2 is 1.87 bits per heavy atom. The maximum Gasteiger partial charge on any atom is 0.0679 e. The molecule has 1 N–H and O–H groups in total. The zero-order chi connectivity index (χ0) is 10.7. The van der Waals surface area contributed by atoms with Crippen LogP contribution in [0.4, 0.5) is 0 Å². The second-order valence-corrected chi connectivity index (χ2v) is 5.40. The van der Waals surface area contributed by atoms with Crippen molar-refractivity contribution in [2.45, 2.75) is 64.0 Å². The SMILES string of the molecule is CCCC1CCC(N2CCC(O)C2)CC1. The van der Waals surface area contributed by atoms with Crippen LogP contribution in [0.15, 0.2) is 0 Å². The van der Waals surface area contributed by atoms with E-state index in [-0.39, 0.29) is 6.10 Å². The van der Waals surface area contributed by atoms with Gasteiger partial charge >= 0.3 is 0 Å². The Bertz CT molecular complexity index is 187. The first kappa shape index (κ1) is 11.4. The summed E-state index contributed by atoms with van der Waals surface area (Å²) >= 11 is 0. The van der Waals surface area contributed by atoms with Gasteiger partial charge in [-0.2, -0.15) is 0 Å². The van der Waals surface area contributed by atoms with E-state index in [4.69, 9.17) is 0 Å². The van der Waals surface area contributed by atoms with Gasteiger partial charge < -0.3 is 5.11 Å². The van der Waals surface area contributed by atoms with Crippen molar-refractivity contribution in [3.8, 4) is 0 Å².